The number of carbonyl (C=O) groups excluding carboxylic acids is 1. The van der Waals surface area contributed by atoms with Crippen LogP contribution < -0.4 is 0 Å². The van der Waals surface area contributed by atoms with E-state index in [-0.39, 0.29) is 5.69 Å². The highest BCUT2D eigenvalue weighted by atomic mass is 16.5. The molecule has 0 aliphatic carbocycles. The fourth-order valence-electron chi connectivity index (χ4n) is 0.953. The van der Waals surface area contributed by atoms with Gasteiger partial charge in [0, 0.05) is 0 Å². The summed E-state index contributed by atoms with van der Waals surface area (Å²) in [5.41, 5.74) is 1.34. The Kier molecular flexibility index (Phi) is 2.74. The molecule has 0 N–H and O–H groups in total. The Hall–Kier alpha value is -1.71. The van der Waals surface area contributed by atoms with Crippen LogP contribution >= 0.6 is 0 Å². The van der Waals surface area contributed by atoms with Crippen LogP contribution in [0.15, 0.2) is 23.4 Å². The van der Waals surface area contributed by atoms with Gasteiger partial charge in [-0.3, -0.25) is 0 Å². The highest BCUT2D eigenvalue weighted by molar-refractivity contribution is 5.90. The van der Waals surface area contributed by atoms with Crippen molar-refractivity contribution < 1.29 is 9.53 Å². The van der Waals surface area contributed by atoms with E-state index in [2.05, 4.69) is 9.91 Å². The summed E-state index contributed by atoms with van der Waals surface area (Å²) in [6.07, 6.45) is 0. The maximum Gasteiger partial charge on any atom is 0.337 e. The lowest BCUT2D eigenvalue weighted by Crippen LogP contribution is -2.00. The van der Waals surface area contributed by atoms with Crippen LogP contribution in [0.25, 0.3) is 0 Å². The first-order valence-electron chi connectivity index (χ1n) is 3.71. The minimum Gasteiger partial charge on any atom is -0.465 e. The largest absolute Gasteiger partial charge is 0.465 e. The zero-order valence-corrected chi connectivity index (χ0v) is 7.40. The molecular formula is C9H9NO3. The summed E-state index contributed by atoms with van der Waals surface area (Å²) in [4.78, 5) is 21.3. The van der Waals surface area contributed by atoms with Crippen molar-refractivity contribution in [3.63, 3.8) is 0 Å². The van der Waals surface area contributed by atoms with Gasteiger partial charge < -0.3 is 4.74 Å². The molecule has 13 heavy (non-hydrogen) atoms. The maximum atomic E-state index is 11.0. The fraction of sp³-hybridized carbons (Fsp3) is 0.222. The van der Waals surface area contributed by atoms with E-state index in [1.165, 1.54) is 13.2 Å². The van der Waals surface area contributed by atoms with Crippen molar-refractivity contribution >= 4 is 11.7 Å². The molecule has 4 nitrogen and oxygen atoms in total. The Labute approximate surface area is 75.5 Å². The van der Waals surface area contributed by atoms with Gasteiger partial charge in [0.05, 0.1) is 12.7 Å². The minimum atomic E-state index is -0.468. The van der Waals surface area contributed by atoms with Crippen molar-refractivity contribution in [1.82, 2.24) is 0 Å². The molecule has 0 atom stereocenters. The average molecular weight is 179 g/mol. The molecular weight excluding hydrogens is 170 g/mol. The highest BCUT2D eigenvalue weighted by Gasteiger charge is 2.07. The SMILES string of the molecule is COC(=O)c1ccc(C)c(N=O)c1. The smallest absolute Gasteiger partial charge is 0.337 e. The van der Waals surface area contributed by atoms with Gasteiger partial charge in [0.1, 0.15) is 5.69 Å². The Morgan fingerprint density at radius 1 is 1.46 bits per heavy atom. The van der Waals surface area contributed by atoms with Gasteiger partial charge in [-0.1, -0.05) is 6.07 Å². The van der Waals surface area contributed by atoms with Crippen molar-refractivity contribution in [3.8, 4) is 0 Å². The van der Waals surface area contributed by atoms with Crippen LogP contribution in [0.4, 0.5) is 5.69 Å². The van der Waals surface area contributed by atoms with Crippen LogP contribution in [-0.4, -0.2) is 13.1 Å². The second-order valence-electron chi connectivity index (χ2n) is 2.58. The van der Waals surface area contributed by atoms with E-state index in [9.17, 15) is 9.70 Å². The molecule has 1 aromatic rings. The number of ether oxygens (including phenoxy) is 1. The van der Waals surface area contributed by atoms with E-state index in [4.69, 9.17) is 0 Å². The molecule has 0 aliphatic rings. The van der Waals surface area contributed by atoms with E-state index in [0.717, 1.165) is 5.56 Å². The van der Waals surface area contributed by atoms with Gasteiger partial charge in [-0.25, -0.2) is 4.79 Å². The van der Waals surface area contributed by atoms with Crippen LogP contribution in [0.2, 0.25) is 0 Å². The van der Waals surface area contributed by atoms with E-state index in [1.54, 1.807) is 19.1 Å². The lowest BCUT2D eigenvalue weighted by atomic mass is 10.1. The molecule has 4 heteroatoms. The summed E-state index contributed by atoms with van der Waals surface area (Å²) in [5.74, 6) is -0.468. The Bertz CT molecular complexity index is 347. The van der Waals surface area contributed by atoms with Gasteiger partial charge in [-0.15, -0.1) is 4.91 Å². The first-order valence-corrected chi connectivity index (χ1v) is 3.71. The first-order chi connectivity index (χ1) is 6.19. The van der Waals surface area contributed by atoms with Gasteiger partial charge in [-0.2, -0.15) is 0 Å². The standard InChI is InChI=1S/C9H9NO3/c1-6-3-4-7(9(11)13-2)5-8(6)10-12/h3-5H,1-2H3. The second-order valence-corrected chi connectivity index (χ2v) is 2.58. The zero-order chi connectivity index (χ0) is 9.84. The van der Waals surface area contributed by atoms with Gasteiger partial charge in [-0.05, 0) is 29.8 Å². The maximum absolute atomic E-state index is 11.0. The molecule has 0 aromatic heterocycles. The topological polar surface area (TPSA) is 55.7 Å². The summed E-state index contributed by atoms with van der Waals surface area (Å²) < 4.78 is 4.49. The van der Waals surface area contributed by atoms with E-state index in [0.29, 0.717) is 5.56 Å². The van der Waals surface area contributed by atoms with Crippen LogP contribution in [0.1, 0.15) is 15.9 Å². The van der Waals surface area contributed by atoms with Crippen LogP contribution in [0, 0.1) is 11.8 Å². The van der Waals surface area contributed by atoms with Gasteiger partial charge in [0.15, 0.2) is 0 Å². The summed E-state index contributed by atoms with van der Waals surface area (Å²) in [6, 6.07) is 4.66. The van der Waals surface area contributed by atoms with Crippen LogP contribution in [0.5, 0.6) is 0 Å². The Morgan fingerprint density at radius 3 is 2.69 bits per heavy atom. The number of aryl methyl sites for hydroxylation is 1. The molecule has 68 valence electrons. The molecule has 0 unspecified atom stereocenters. The lowest BCUT2D eigenvalue weighted by molar-refractivity contribution is 0.0601. The molecule has 0 fully saturated rings. The van der Waals surface area contributed by atoms with Crippen molar-refractivity contribution in [1.29, 1.82) is 0 Å². The predicted molar refractivity (Wildman–Crippen MR) is 48.0 cm³/mol. The summed E-state index contributed by atoms with van der Waals surface area (Å²) in [6.45, 7) is 1.75. The summed E-state index contributed by atoms with van der Waals surface area (Å²) >= 11 is 0. The molecule has 0 amide bonds. The number of carbonyl (C=O) groups is 1. The number of hydrogen-bond acceptors (Lipinski definition) is 4. The summed E-state index contributed by atoms with van der Waals surface area (Å²) in [5, 5.41) is 2.79. The predicted octanol–water partition coefficient (Wildman–Crippen LogP) is 2.18. The number of benzene rings is 1. The van der Waals surface area contributed by atoms with Crippen molar-refractivity contribution in [3.05, 3.63) is 34.2 Å². The van der Waals surface area contributed by atoms with Crippen molar-refractivity contribution in [2.45, 2.75) is 6.92 Å². The summed E-state index contributed by atoms with van der Waals surface area (Å²) in [7, 11) is 1.29. The monoisotopic (exact) mass is 179 g/mol. The van der Waals surface area contributed by atoms with Gasteiger partial charge in [0.25, 0.3) is 0 Å². The molecule has 0 radical (unpaired) electrons. The molecule has 0 aliphatic heterocycles. The average Bonchev–Trinajstić information content (AvgIpc) is 2.17. The molecule has 0 heterocycles. The molecule has 0 saturated carbocycles. The van der Waals surface area contributed by atoms with E-state index >= 15 is 0 Å². The van der Waals surface area contributed by atoms with Crippen LogP contribution in [-0.2, 0) is 4.74 Å². The van der Waals surface area contributed by atoms with E-state index in [1.807, 2.05) is 0 Å². The van der Waals surface area contributed by atoms with Crippen LogP contribution in [0.3, 0.4) is 0 Å². The molecule has 0 spiro atoms. The third-order valence-corrected chi connectivity index (χ3v) is 1.73. The number of esters is 1. The fourth-order valence-corrected chi connectivity index (χ4v) is 0.953. The van der Waals surface area contributed by atoms with Gasteiger partial charge >= 0.3 is 5.97 Å². The number of hydrogen-bond donors (Lipinski definition) is 0. The number of nitrogens with zero attached hydrogens (tertiary/aromatic N) is 1. The first kappa shape index (κ1) is 9.38. The highest BCUT2D eigenvalue weighted by Crippen LogP contribution is 2.19. The van der Waals surface area contributed by atoms with Crippen molar-refractivity contribution in [2.24, 2.45) is 5.18 Å². The number of rotatable bonds is 2. The van der Waals surface area contributed by atoms with Crippen molar-refractivity contribution in [2.75, 3.05) is 7.11 Å². The molecule has 1 aromatic carbocycles. The van der Waals surface area contributed by atoms with Gasteiger partial charge in [0.2, 0.25) is 0 Å². The quantitative estimate of drug-likeness (QED) is 0.516. The number of methoxy groups -OCH3 is 1. The second kappa shape index (κ2) is 3.80. The minimum absolute atomic E-state index is 0.267. The zero-order valence-electron chi connectivity index (χ0n) is 7.40. The molecule has 0 saturated heterocycles. The third-order valence-electron chi connectivity index (χ3n) is 1.73. The Morgan fingerprint density at radius 2 is 2.15 bits per heavy atom. The normalized spacial score (nSPS) is 9.38. The molecule has 0 bridgehead atoms. The number of nitroso groups, excluding NO2 is 1. The lowest BCUT2D eigenvalue weighted by Gasteiger charge is -2.00. The van der Waals surface area contributed by atoms with E-state index < -0.39 is 5.97 Å². The Balaban J connectivity index is 3.13. The third kappa shape index (κ3) is 1.90. The molecule has 1 rings (SSSR count).